The van der Waals surface area contributed by atoms with Crippen molar-refractivity contribution in [2.75, 3.05) is 0 Å². The van der Waals surface area contributed by atoms with Crippen LogP contribution >= 0.6 is 0 Å². The lowest BCUT2D eigenvalue weighted by molar-refractivity contribution is 0.793. The Morgan fingerprint density at radius 2 is 2.06 bits per heavy atom. The minimum atomic E-state index is 0.940. The number of aromatic nitrogens is 5. The number of hydrogen-bond acceptors (Lipinski definition) is 4. The topological polar surface area (TPSA) is 56.5 Å². The molecule has 0 aliphatic carbocycles. The molecular formula is C11H9N5. The zero-order valence-electron chi connectivity index (χ0n) is 8.70. The second-order valence-corrected chi connectivity index (χ2v) is 3.55. The third-order valence-corrected chi connectivity index (χ3v) is 2.44. The molecule has 5 heteroatoms. The molecule has 0 unspecified atom stereocenters. The van der Waals surface area contributed by atoms with Gasteiger partial charge in [-0.3, -0.25) is 4.98 Å². The molecule has 16 heavy (non-hydrogen) atoms. The number of tetrazole rings is 1. The first-order chi connectivity index (χ1) is 7.84. The molecule has 0 saturated carbocycles. The summed E-state index contributed by atoms with van der Waals surface area (Å²) in [5, 5.41) is 12.2. The third-order valence-electron chi connectivity index (χ3n) is 2.44. The van der Waals surface area contributed by atoms with Gasteiger partial charge in [0.15, 0.2) is 0 Å². The highest BCUT2D eigenvalue weighted by molar-refractivity contribution is 5.87. The molecule has 0 radical (unpaired) electrons. The highest BCUT2D eigenvalue weighted by Gasteiger charge is 2.04. The van der Waals surface area contributed by atoms with Crippen molar-refractivity contribution in [3.05, 3.63) is 42.4 Å². The lowest BCUT2D eigenvalue weighted by Gasteiger charge is -2.04. The first-order valence-electron chi connectivity index (χ1n) is 4.94. The lowest BCUT2D eigenvalue weighted by atomic mass is 10.1. The predicted molar refractivity (Wildman–Crippen MR) is 59.2 cm³/mol. The number of pyridine rings is 1. The summed E-state index contributed by atoms with van der Waals surface area (Å²) >= 11 is 0. The Bertz CT molecular complexity index is 630. The SMILES string of the molecule is Cc1ccc2c(-n3cnnn3)cccc2n1. The van der Waals surface area contributed by atoms with E-state index in [1.807, 2.05) is 37.3 Å². The molecule has 0 N–H and O–H groups in total. The Balaban J connectivity index is 2.34. The molecule has 2 heterocycles. The van der Waals surface area contributed by atoms with E-state index in [9.17, 15) is 0 Å². The molecule has 0 aliphatic rings. The van der Waals surface area contributed by atoms with Gasteiger partial charge in [-0.1, -0.05) is 6.07 Å². The van der Waals surface area contributed by atoms with Gasteiger partial charge in [0.1, 0.15) is 6.33 Å². The number of nitrogens with zero attached hydrogens (tertiary/aromatic N) is 5. The molecule has 3 rings (SSSR count). The number of hydrogen-bond donors (Lipinski definition) is 0. The van der Waals surface area contributed by atoms with Gasteiger partial charge in [-0.05, 0) is 41.6 Å². The molecule has 0 saturated heterocycles. The summed E-state index contributed by atoms with van der Waals surface area (Å²) in [6.07, 6.45) is 1.58. The smallest absolute Gasteiger partial charge is 0.143 e. The van der Waals surface area contributed by atoms with Gasteiger partial charge >= 0.3 is 0 Å². The largest absolute Gasteiger partial charge is 0.253 e. The lowest BCUT2D eigenvalue weighted by Crippen LogP contribution is -1.97. The second-order valence-electron chi connectivity index (χ2n) is 3.55. The Kier molecular flexibility index (Phi) is 1.89. The first kappa shape index (κ1) is 8.96. The maximum Gasteiger partial charge on any atom is 0.143 e. The fraction of sp³-hybridized carbons (Fsp3) is 0.0909. The second kappa shape index (κ2) is 3.37. The van der Waals surface area contributed by atoms with E-state index < -0.39 is 0 Å². The van der Waals surface area contributed by atoms with Crippen LogP contribution in [0.15, 0.2) is 36.7 Å². The minimum absolute atomic E-state index is 0.940. The van der Waals surface area contributed by atoms with E-state index in [0.29, 0.717) is 0 Å². The van der Waals surface area contributed by atoms with E-state index in [1.54, 1.807) is 11.0 Å². The van der Waals surface area contributed by atoms with Gasteiger partial charge in [-0.2, -0.15) is 4.68 Å². The summed E-state index contributed by atoms with van der Waals surface area (Å²) < 4.78 is 1.64. The van der Waals surface area contributed by atoms with E-state index in [4.69, 9.17) is 0 Å². The maximum absolute atomic E-state index is 4.46. The van der Waals surface area contributed by atoms with Gasteiger partial charge in [0.2, 0.25) is 0 Å². The Morgan fingerprint density at radius 3 is 2.88 bits per heavy atom. The monoisotopic (exact) mass is 211 g/mol. The van der Waals surface area contributed by atoms with Crippen LogP contribution in [0, 0.1) is 6.92 Å². The summed E-state index contributed by atoms with van der Waals surface area (Å²) in [4.78, 5) is 4.46. The molecule has 2 aromatic heterocycles. The highest BCUT2D eigenvalue weighted by Crippen LogP contribution is 2.19. The van der Waals surface area contributed by atoms with Crippen LogP contribution < -0.4 is 0 Å². The molecule has 0 amide bonds. The quantitative estimate of drug-likeness (QED) is 0.612. The Labute approximate surface area is 91.7 Å². The van der Waals surface area contributed by atoms with Gasteiger partial charge in [0.05, 0.1) is 11.2 Å². The van der Waals surface area contributed by atoms with Crippen molar-refractivity contribution in [1.29, 1.82) is 0 Å². The molecule has 1 aromatic carbocycles. The fourth-order valence-corrected chi connectivity index (χ4v) is 1.71. The summed E-state index contributed by atoms with van der Waals surface area (Å²) in [6, 6.07) is 9.92. The van der Waals surface area contributed by atoms with Gasteiger partial charge < -0.3 is 0 Å². The summed E-state index contributed by atoms with van der Waals surface area (Å²) in [5.74, 6) is 0. The van der Waals surface area contributed by atoms with Crippen molar-refractivity contribution in [2.24, 2.45) is 0 Å². The molecule has 0 spiro atoms. The normalized spacial score (nSPS) is 10.8. The minimum Gasteiger partial charge on any atom is -0.253 e. The van der Waals surface area contributed by atoms with Crippen molar-refractivity contribution < 1.29 is 0 Å². The molecule has 0 atom stereocenters. The Hall–Kier alpha value is -2.30. The molecule has 78 valence electrons. The van der Waals surface area contributed by atoms with E-state index in [1.165, 1.54) is 0 Å². The molecule has 0 fully saturated rings. The van der Waals surface area contributed by atoms with E-state index in [-0.39, 0.29) is 0 Å². The third kappa shape index (κ3) is 1.33. The summed E-state index contributed by atoms with van der Waals surface area (Å²) in [6.45, 7) is 1.98. The zero-order chi connectivity index (χ0) is 11.0. The number of rotatable bonds is 1. The van der Waals surface area contributed by atoms with E-state index in [2.05, 4.69) is 20.5 Å². The zero-order valence-corrected chi connectivity index (χ0v) is 8.70. The number of aryl methyl sites for hydroxylation is 1. The van der Waals surface area contributed by atoms with Gasteiger partial charge in [0, 0.05) is 11.1 Å². The average Bonchev–Trinajstić information content (AvgIpc) is 2.81. The molecule has 0 aliphatic heterocycles. The standard InChI is InChI=1S/C11H9N5/c1-8-5-6-9-10(13-8)3-2-4-11(9)16-7-12-14-15-16/h2-7H,1H3. The average molecular weight is 211 g/mol. The molecule has 5 nitrogen and oxygen atoms in total. The molecule has 0 bridgehead atoms. The summed E-state index contributed by atoms with van der Waals surface area (Å²) in [7, 11) is 0. The van der Waals surface area contributed by atoms with E-state index in [0.717, 1.165) is 22.3 Å². The van der Waals surface area contributed by atoms with Crippen LogP contribution in [-0.2, 0) is 0 Å². The predicted octanol–water partition coefficient (Wildman–Crippen LogP) is 1.52. The van der Waals surface area contributed by atoms with Crippen LogP contribution in [0.3, 0.4) is 0 Å². The summed E-state index contributed by atoms with van der Waals surface area (Å²) in [5.41, 5.74) is 2.89. The maximum atomic E-state index is 4.46. The van der Waals surface area contributed by atoms with Crippen LogP contribution in [0.25, 0.3) is 16.6 Å². The van der Waals surface area contributed by atoms with Crippen LogP contribution in [0.4, 0.5) is 0 Å². The van der Waals surface area contributed by atoms with Crippen LogP contribution in [0.5, 0.6) is 0 Å². The highest BCUT2D eigenvalue weighted by atomic mass is 15.5. The van der Waals surface area contributed by atoms with Crippen molar-refractivity contribution >= 4 is 10.9 Å². The first-order valence-corrected chi connectivity index (χ1v) is 4.94. The Morgan fingerprint density at radius 1 is 1.12 bits per heavy atom. The van der Waals surface area contributed by atoms with Gasteiger partial charge in [-0.15, -0.1) is 5.10 Å². The van der Waals surface area contributed by atoms with Crippen molar-refractivity contribution in [3.63, 3.8) is 0 Å². The van der Waals surface area contributed by atoms with Crippen LogP contribution in [-0.4, -0.2) is 25.2 Å². The van der Waals surface area contributed by atoms with Crippen molar-refractivity contribution in [3.8, 4) is 5.69 Å². The van der Waals surface area contributed by atoms with Gasteiger partial charge in [-0.25, -0.2) is 0 Å². The van der Waals surface area contributed by atoms with Gasteiger partial charge in [0.25, 0.3) is 0 Å². The van der Waals surface area contributed by atoms with Crippen molar-refractivity contribution in [1.82, 2.24) is 25.2 Å². The number of benzene rings is 1. The number of fused-ring (bicyclic) bond motifs is 1. The van der Waals surface area contributed by atoms with Crippen molar-refractivity contribution in [2.45, 2.75) is 6.92 Å². The fourth-order valence-electron chi connectivity index (χ4n) is 1.71. The van der Waals surface area contributed by atoms with Crippen LogP contribution in [0.2, 0.25) is 0 Å². The molecular weight excluding hydrogens is 202 g/mol. The molecule has 3 aromatic rings. The van der Waals surface area contributed by atoms with E-state index >= 15 is 0 Å². The van der Waals surface area contributed by atoms with Crippen LogP contribution in [0.1, 0.15) is 5.69 Å².